The van der Waals surface area contributed by atoms with E-state index in [4.69, 9.17) is 0 Å². The van der Waals surface area contributed by atoms with E-state index in [-0.39, 0.29) is 11.8 Å². The molecular formula is C20H22N2O2. The van der Waals surface area contributed by atoms with Crippen molar-refractivity contribution in [3.63, 3.8) is 0 Å². The van der Waals surface area contributed by atoms with Crippen LogP contribution in [0.3, 0.4) is 0 Å². The van der Waals surface area contributed by atoms with Gasteiger partial charge in [-0.15, -0.1) is 0 Å². The highest BCUT2D eigenvalue weighted by molar-refractivity contribution is 5.98. The van der Waals surface area contributed by atoms with Crippen molar-refractivity contribution in [2.75, 3.05) is 0 Å². The van der Waals surface area contributed by atoms with Gasteiger partial charge in [0.2, 0.25) is 11.8 Å². The summed E-state index contributed by atoms with van der Waals surface area (Å²) in [6.45, 7) is 7.93. The number of carbonyl (C=O) groups excluding carboxylic acids is 2. The van der Waals surface area contributed by atoms with Crippen molar-refractivity contribution in [3.8, 4) is 0 Å². The van der Waals surface area contributed by atoms with E-state index in [0.717, 1.165) is 33.4 Å². The van der Waals surface area contributed by atoms with Crippen LogP contribution in [0.5, 0.6) is 0 Å². The molecule has 0 saturated carbocycles. The number of amides is 2. The highest BCUT2D eigenvalue weighted by Crippen LogP contribution is 2.25. The second-order valence-corrected chi connectivity index (χ2v) is 6.73. The lowest BCUT2D eigenvalue weighted by atomic mass is 9.95. The molecule has 4 nitrogen and oxygen atoms in total. The molecular weight excluding hydrogens is 300 g/mol. The molecule has 4 heteroatoms. The number of hydrogen-bond donors (Lipinski definition) is 2. The zero-order chi connectivity index (χ0) is 17.4. The Labute approximate surface area is 142 Å². The number of rotatable bonds is 2. The Kier molecular flexibility index (Phi) is 4.14. The summed E-state index contributed by atoms with van der Waals surface area (Å²) in [5.41, 5.74) is 5.92. The molecule has 2 aromatic carbocycles. The average Bonchev–Trinajstić information content (AvgIpc) is 2.47. The van der Waals surface area contributed by atoms with Crippen LogP contribution in [-0.4, -0.2) is 11.8 Å². The molecule has 24 heavy (non-hydrogen) atoms. The van der Waals surface area contributed by atoms with E-state index in [1.807, 2.05) is 64.1 Å². The summed E-state index contributed by atoms with van der Waals surface area (Å²) in [5.74, 6) is -0.354. The third-order valence-corrected chi connectivity index (χ3v) is 4.25. The number of benzene rings is 2. The van der Waals surface area contributed by atoms with Gasteiger partial charge >= 0.3 is 0 Å². The summed E-state index contributed by atoms with van der Waals surface area (Å²) < 4.78 is 0. The minimum Gasteiger partial charge on any atom is -0.338 e. The number of piperazine rings is 1. The molecule has 2 atom stereocenters. The molecule has 124 valence electrons. The van der Waals surface area contributed by atoms with E-state index in [0.29, 0.717) is 0 Å². The second kappa shape index (κ2) is 6.11. The molecule has 1 fully saturated rings. The molecule has 1 aliphatic heterocycles. The van der Waals surface area contributed by atoms with E-state index < -0.39 is 12.1 Å². The summed E-state index contributed by atoms with van der Waals surface area (Å²) in [6.07, 6.45) is 0. The first kappa shape index (κ1) is 16.2. The Morgan fingerprint density at radius 3 is 1.17 bits per heavy atom. The molecule has 0 spiro atoms. The summed E-state index contributed by atoms with van der Waals surface area (Å²) in [4.78, 5) is 25.2. The van der Waals surface area contributed by atoms with Crippen LogP contribution >= 0.6 is 0 Å². The average molecular weight is 322 g/mol. The summed E-state index contributed by atoms with van der Waals surface area (Å²) in [7, 11) is 0. The van der Waals surface area contributed by atoms with Crippen molar-refractivity contribution in [2.24, 2.45) is 0 Å². The molecule has 0 radical (unpaired) electrons. The van der Waals surface area contributed by atoms with Crippen LogP contribution < -0.4 is 10.6 Å². The first-order chi connectivity index (χ1) is 11.3. The molecule has 0 bridgehead atoms. The Hall–Kier alpha value is -2.62. The van der Waals surface area contributed by atoms with Gasteiger partial charge in [0.15, 0.2) is 0 Å². The number of hydrogen-bond acceptors (Lipinski definition) is 2. The maximum absolute atomic E-state index is 12.6. The predicted octanol–water partition coefficient (Wildman–Crippen LogP) is 2.95. The molecule has 3 rings (SSSR count). The van der Waals surface area contributed by atoms with Gasteiger partial charge in [-0.3, -0.25) is 9.59 Å². The van der Waals surface area contributed by atoms with Crippen LogP contribution in [0.25, 0.3) is 0 Å². The fourth-order valence-electron chi connectivity index (χ4n) is 3.40. The zero-order valence-corrected chi connectivity index (χ0v) is 14.4. The first-order valence-electron chi connectivity index (χ1n) is 8.10. The Morgan fingerprint density at radius 2 is 0.875 bits per heavy atom. The Morgan fingerprint density at radius 1 is 0.583 bits per heavy atom. The standard InChI is InChI=1S/C20H22N2O2/c1-11-5-12(2)8-15(7-11)17-19(23)22-18(20(24)21-17)16-9-13(3)6-14(4)10-16/h5-10,17-18H,1-4H3,(H,21,24)(H,22,23)/t17-,18-/m0/s1. The second-order valence-electron chi connectivity index (χ2n) is 6.73. The maximum atomic E-state index is 12.6. The van der Waals surface area contributed by atoms with Gasteiger partial charge in [-0.1, -0.05) is 58.7 Å². The van der Waals surface area contributed by atoms with Gasteiger partial charge < -0.3 is 10.6 Å². The molecule has 1 saturated heterocycles. The molecule has 2 N–H and O–H groups in total. The lowest BCUT2D eigenvalue weighted by Crippen LogP contribution is -2.53. The van der Waals surface area contributed by atoms with Gasteiger partial charge in [0, 0.05) is 0 Å². The minimum atomic E-state index is -0.641. The van der Waals surface area contributed by atoms with E-state index >= 15 is 0 Å². The molecule has 0 unspecified atom stereocenters. The normalized spacial score (nSPS) is 20.5. The monoisotopic (exact) mass is 322 g/mol. The predicted molar refractivity (Wildman–Crippen MR) is 93.6 cm³/mol. The lowest BCUT2D eigenvalue weighted by molar-refractivity contribution is -0.137. The summed E-state index contributed by atoms with van der Waals surface area (Å²) in [5, 5.41) is 5.75. The topological polar surface area (TPSA) is 58.2 Å². The molecule has 2 aromatic rings. The van der Waals surface area contributed by atoms with Crippen LogP contribution in [0.2, 0.25) is 0 Å². The van der Waals surface area contributed by atoms with E-state index in [9.17, 15) is 9.59 Å². The third-order valence-electron chi connectivity index (χ3n) is 4.25. The minimum absolute atomic E-state index is 0.177. The highest BCUT2D eigenvalue weighted by Gasteiger charge is 2.35. The van der Waals surface area contributed by atoms with Crippen molar-refractivity contribution in [1.29, 1.82) is 0 Å². The molecule has 0 aliphatic carbocycles. The number of aryl methyl sites for hydroxylation is 4. The smallest absolute Gasteiger partial charge is 0.248 e. The van der Waals surface area contributed by atoms with Crippen LogP contribution in [0.15, 0.2) is 36.4 Å². The number of carbonyl (C=O) groups is 2. The summed E-state index contributed by atoms with van der Waals surface area (Å²) in [6, 6.07) is 10.6. The molecule has 1 aliphatic rings. The zero-order valence-electron chi connectivity index (χ0n) is 14.4. The van der Waals surface area contributed by atoms with Crippen LogP contribution in [0.4, 0.5) is 0 Å². The SMILES string of the molecule is Cc1cc(C)cc([C@@H]2NC(=O)[C@H](c3cc(C)cc(C)c3)NC2=O)c1. The number of nitrogens with one attached hydrogen (secondary N) is 2. The van der Waals surface area contributed by atoms with E-state index in [1.165, 1.54) is 0 Å². The molecule has 0 aromatic heterocycles. The van der Waals surface area contributed by atoms with Crippen LogP contribution in [0.1, 0.15) is 45.5 Å². The Bertz CT molecular complexity index is 716. The van der Waals surface area contributed by atoms with Crippen molar-refractivity contribution in [1.82, 2.24) is 10.6 Å². The molecule has 2 amide bonds. The van der Waals surface area contributed by atoms with Gasteiger partial charge in [-0.25, -0.2) is 0 Å². The highest BCUT2D eigenvalue weighted by atomic mass is 16.2. The van der Waals surface area contributed by atoms with Crippen molar-refractivity contribution in [3.05, 3.63) is 69.8 Å². The third kappa shape index (κ3) is 3.18. The van der Waals surface area contributed by atoms with E-state index in [2.05, 4.69) is 10.6 Å². The summed E-state index contributed by atoms with van der Waals surface area (Å²) >= 11 is 0. The van der Waals surface area contributed by atoms with Crippen molar-refractivity contribution < 1.29 is 9.59 Å². The largest absolute Gasteiger partial charge is 0.338 e. The lowest BCUT2D eigenvalue weighted by Gasteiger charge is -2.30. The van der Waals surface area contributed by atoms with Crippen molar-refractivity contribution in [2.45, 2.75) is 39.8 Å². The van der Waals surface area contributed by atoms with Gasteiger partial charge in [-0.05, 0) is 38.8 Å². The van der Waals surface area contributed by atoms with Crippen LogP contribution in [0, 0.1) is 27.7 Å². The molecule has 1 heterocycles. The van der Waals surface area contributed by atoms with Gasteiger partial charge in [0.05, 0.1) is 0 Å². The fourth-order valence-corrected chi connectivity index (χ4v) is 3.40. The van der Waals surface area contributed by atoms with Gasteiger partial charge in [0.25, 0.3) is 0 Å². The first-order valence-corrected chi connectivity index (χ1v) is 8.10. The quantitative estimate of drug-likeness (QED) is 0.893. The van der Waals surface area contributed by atoms with E-state index in [1.54, 1.807) is 0 Å². The Balaban J connectivity index is 1.89. The van der Waals surface area contributed by atoms with Crippen molar-refractivity contribution >= 4 is 11.8 Å². The fraction of sp³-hybridized carbons (Fsp3) is 0.300. The maximum Gasteiger partial charge on any atom is 0.248 e. The van der Waals surface area contributed by atoms with Gasteiger partial charge in [-0.2, -0.15) is 0 Å². The van der Waals surface area contributed by atoms with Gasteiger partial charge in [0.1, 0.15) is 12.1 Å². The van der Waals surface area contributed by atoms with Crippen LogP contribution in [-0.2, 0) is 9.59 Å².